The van der Waals surface area contributed by atoms with E-state index in [9.17, 15) is 9.59 Å². The minimum Gasteiger partial charge on any atom is -0.465 e. The van der Waals surface area contributed by atoms with Gasteiger partial charge in [-0.2, -0.15) is 0 Å². The van der Waals surface area contributed by atoms with Crippen LogP contribution in [0.15, 0.2) is 24.3 Å². The zero-order valence-corrected chi connectivity index (χ0v) is 11.1. The summed E-state index contributed by atoms with van der Waals surface area (Å²) in [5.41, 5.74) is 2.24. The number of carbonyl (C=O) groups is 2. The van der Waals surface area contributed by atoms with Crippen molar-refractivity contribution in [2.75, 3.05) is 25.6 Å². The first-order valence-corrected chi connectivity index (χ1v) is 5.90. The first kappa shape index (κ1) is 14.2. The van der Waals surface area contributed by atoms with Crippen molar-refractivity contribution >= 4 is 17.4 Å². The molecule has 4 heteroatoms. The van der Waals surface area contributed by atoms with Crippen molar-refractivity contribution < 1.29 is 14.3 Å². The number of esters is 1. The summed E-state index contributed by atoms with van der Waals surface area (Å²) in [5.74, 6) is -0.622. The minimum absolute atomic E-state index is 0.139. The van der Waals surface area contributed by atoms with Gasteiger partial charge in [0.25, 0.3) is 0 Å². The second-order valence-electron chi connectivity index (χ2n) is 4.41. The van der Waals surface area contributed by atoms with E-state index < -0.39 is 5.97 Å². The van der Waals surface area contributed by atoms with Crippen LogP contribution in [0.3, 0.4) is 0 Å². The van der Waals surface area contributed by atoms with E-state index in [1.54, 1.807) is 0 Å². The largest absolute Gasteiger partial charge is 0.465 e. The zero-order chi connectivity index (χ0) is 13.5. The highest BCUT2D eigenvalue weighted by Gasteiger charge is 2.06. The van der Waals surface area contributed by atoms with Crippen LogP contribution in [-0.2, 0) is 20.7 Å². The molecular weight excluding hydrogens is 230 g/mol. The number of nitrogens with zero attached hydrogens (tertiary/aromatic N) is 1. The highest BCUT2D eigenvalue weighted by Crippen LogP contribution is 2.12. The molecule has 0 amide bonds. The second-order valence-corrected chi connectivity index (χ2v) is 4.41. The Balaban J connectivity index is 2.35. The summed E-state index contributed by atoms with van der Waals surface area (Å²) >= 11 is 0. The van der Waals surface area contributed by atoms with Crippen molar-refractivity contribution in [2.24, 2.45) is 0 Å². The number of carbonyl (C=O) groups excluding carboxylic acids is 2. The van der Waals surface area contributed by atoms with Gasteiger partial charge in [-0.05, 0) is 24.6 Å². The van der Waals surface area contributed by atoms with Crippen LogP contribution >= 0.6 is 0 Å². The van der Waals surface area contributed by atoms with Crippen LogP contribution in [0.4, 0.5) is 5.69 Å². The van der Waals surface area contributed by atoms with Gasteiger partial charge in [-0.3, -0.25) is 9.59 Å². The van der Waals surface area contributed by atoms with Gasteiger partial charge >= 0.3 is 5.97 Å². The lowest BCUT2D eigenvalue weighted by Crippen LogP contribution is -2.11. The fourth-order valence-electron chi connectivity index (χ4n) is 1.50. The van der Waals surface area contributed by atoms with Crippen LogP contribution in [0.5, 0.6) is 0 Å². The minimum atomic E-state index is -0.451. The maximum absolute atomic E-state index is 11.1. The molecule has 0 aliphatic heterocycles. The summed E-state index contributed by atoms with van der Waals surface area (Å²) in [5, 5.41) is 0. The van der Waals surface area contributed by atoms with Gasteiger partial charge in [0.1, 0.15) is 12.2 Å². The van der Waals surface area contributed by atoms with E-state index in [0.717, 1.165) is 11.3 Å². The molecule has 1 rings (SSSR count). The number of ether oxygens (including phenoxy) is 1. The van der Waals surface area contributed by atoms with Crippen molar-refractivity contribution in [3.05, 3.63) is 29.8 Å². The van der Waals surface area contributed by atoms with Crippen LogP contribution in [0.2, 0.25) is 0 Å². The topological polar surface area (TPSA) is 46.6 Å². The number of ketones is 1. The molecule has 4 nitrogen and oxygen atoms in total. The van der Waals surface area contributed by atoms with Crippen LogP contribution in [-0.4, -0.2) is 32.5 Å². The van der Waals surface area contributed by atoms with Gasteiger partial charge in [0.05, 0.1) is 6.61 Å². The van der Waals surface area contributed by atoms with Crippen molar-refractivity contribution in [3.63, 3.8) is 0 Å². The maximum Gasteiger partial charge on any atom is 0.313 e. The van der Waals surface area contributed by atoms with Crippen molar-refractivity contribution in [1.82, 2.24) is 0 Å². The van der Waals surface area contributed by atoms with Crippen LogP contribution in [0.25, 0.3) is 0 Å². The van der Waals surface area contributed by atoms with Gasteiger partial charge in [0, 0.05) is 26.2 Å². The summed E-state index contributed by atoms with van der Waals surface area (Å²) in [4.78, 5) is 23.8. The molecule has 0 saturated heterocycles. The molecule has 0 aromatic heterocycles. The van der Waals surface area contributed by atoms with Gasteiger partial charge < -0.3 is 9.64 Å². The highest BCUT2D eigenvalue weighted by atomic mass is 16.5. The van der Waals surface area contributed by atoms with Crippen LogP contribution in [0, 0.1) is 0 Å². The third-order valence-electron chi connectivity index (χ3n) is 2.50. The van der Waals surface area contributed by atoms with E-state index in [2.05, 4.69) is 0 Å². The molecule has 0 aliphatic carbocycles. The first-order valence-electron chi connectivity index (χ1n) is 5.90. The second kappa shape index (κ2) is 6.79. The Kier molecular flexibility index (Phi) is 5.36. The lowest BCUT2D eigenvalue weighted by Gasteiger charge is -2.12. The summed E-state index contributed by atoms with van der Waals surface area (Å²) in [6, 6.07) is 8.06. The van der Waals surface area contributed by atoms with Crippen LogP contribution < -0.4 is 4.90 Å². The predicted octanol–water partition coefficient (Wildman–Crippen LogP) is 1.82. The van der Waals surface area contributed by atoms with Crippen LogP contribution in [0.1, 0.15) is 18.9 Å². The Bertz CT molecular complexity index is 410. The third kappa shape index (κ3) is 4.99. The first-order chi connectivity index (χ1) is 8.49. The van der Waals surface area contributed by atoms with E-state index in [-0.39, 0.29) is 12.2 Å². The quantitative estimate of drug-likeness (QED) is 0.570. The highest BCUT2D eigenvalue weighted by molar-refractivity contribution is 5.94. The number of hydrogen-bond donors (Lipinski definition) is 0. The smallest absolute Gasteiger partial charge is 0.313 e. The van der Waals surface area contributed by atoms with E-state index in [4.69, 9.17) is 4.74 Å². The fraction of sp³-hybridized carbons (Fsp3) is 0.429. The molecule has 0 saturated carbocycles. The maximum atomic E-state index is 11.1. The van der Waals surface area contributed by atoms with Gasteiger partial charge in [0.15, 0.2) is 0 Å². The monoisotopic (exact) mass is 249 g/mol. The average molecular weight is 249 g/mol. The number of anilines is 1. The molecule has 1 aromatic carbocycles. The van der Waals surface area contributed by atoms with Crippen molar-refractivity contribution in [3.8, 4) is 0 Å². The third-order valence-corrected chi connectivity index (χ3v) is 2.50. The van der Waals surface area contributed by atoms with Crippen molar-refractivity contribution in [2.45, 2.75) is 19.8 Å². The molecule has 0 fully saturated rings. The summed E-state index contributed by atoms with van der Waals surface area (Å²) in [7, 11) is 3.97. The Morgan fingerprint density at radius 2 is 1.78 bits per heavy atom. The lowest BCUT2D eigenvalue weighted by atomic mass is 10.1. The Morgan fingerprint density at radius 1 is 1.17 bits per heavy atom. The Labute approximate surface area is 108 Å². The molecule has 1 aromatic rings. The van der Waals surface area contributed by atoms with E-state index in [1.165, 1.54) is 6.92 Å². The van der Waals surface area contributed by atoms with Gasteiger partial charge in [0.2, 0.25) is 0 Å². The summed E-state index contributed by atoms with van der Waals surface area (Å²) < 4.78 is 4.96. The standard InChI is InChI=1S/C14H19NO3/c1-11(16)10-14(17)18-9-8-12-4-6-13(7-5-12)15(2)3/h4-7H,8-10H2,1-3H3. The molecule has 0 bridgehead atoms. The Hall–Kier alpha value is -1.84. The fourth-order valence-corrected chi connectivity index (χ4v) is 1.50. The Morgan fingerprint density at radius 3 is 2.28 bits per heavy atom. The molecule has 0 N–H and O–H groups in total. The zero-order valence-electron chi connectivity index (χ0n) is 11.1. The van der Waals surface area contributed by atoms with Gasteiger partial charge in [-0.25, -0.2) is 0 Å². The molecule has 0 unspecified atom stereocenters. The SMILES string of the molecule is CC(=O)CC(=O)OCCc1ccc(N(C)C)cc1. The predicted molar refractivity (Wildman–Crippen MR) is 70.7 cm³/mol. The summed E-state index contributed by atoms with van der Waals surface area (Å²) in [6.45, 7) is 1.69. The van der Waals surface area contributed by atoms with Gasteiger partial charge in [-0.15, -0.1) is 0 Å². The summed E-state index contributed by atoms with van der Waals surface area (Å²) in [6.07, 6.45) is 0.525. The molecule has 18 heavy (non-hydrogen) atoms. The molecule has 0 spiro atoms. The lowest BCUT2D eigenvalue weighted by molar-refractivity contribution is -0.145. The van der Waals surface area contributed by atoms with E-state index in [1.807, 2.05) is 43.3 Å². The number of Topliss-reactive ketones (excluding diaryl/α,β-unsaturated/α-hetero) is 1. The normalized spacial score (nSPS) is 9.94. The van der Waals surface area contributed by atoms with Gasteiger partial charge in [-0.1, -0.05) is 12.1 Å². The molecule has 0 aliphatic rings. The molecule has 0 heterocycles. The number of hydrogen-bond acceptors (Lipinski definition) is 4. The molecule has 0 radical (unpaired) electrons. The van der Waals surface area contributed by atoms with E-state index in [0.29, 0.717) is 13.0 Å². The molecular formula is C14H19NO3. The molecule has 0 atom stereocenters. The van der Waals surface area contributed by atoms with Crippen molar-refractivity contribution in [1.29, 1.82) is 0 Å². The van der Waals surface area contributed by atoms with E-state index >= 15 is 0 Å². The average Bonchev–Trinajstić information content (AvgIpc) is 2.28. The molecule has 98 valence electrons. The number of benzene rings is 1. The number of rotatable bonds is 6.